The summed E-state index contributed by atoms with van der Waals surface area (Å²) >= 11 is 0. The minimum atomic E-state index is -4.86. The molecule has 41 heavy (non-hydrogen) atoms. The molecule has 0 aromatic heterocycles. The first-order valence-electron chi connectivity index (χ1n) is 11.3. The maximum Gasteiger partial charge on any atom is 0.416 e. The van der Waals surface area contributed by atoms with Crippen LogP contribution in [0.3, 0.4) is 0 Å². The van der Waals surface area contributed by atoms with Crippen LogP contribution in [0.1, 0.15) is 11.1 Å². The molecular formula is C26H17F7N2O4S2. The summed E-state index contributed by atoms with van der Waals surface area (Å²) in [4.78, 5) is -1.59. The van der Waals surface area contributed by atoms with Gasteiger partial charge in [-0.1, -0.05) is 30.3 Å². The lowest BCUT2D eigenvalue weighted by Gasteiger charge is -2.17. The zero-order valence-electron chi connectivity index (χ0n) is 20.3. The van der Waals surface area contributed by atoms with Crippen molar-refractivity contribution in [2.75, 3.05) is 9.44 Å². The van der Waals surface area contributed by atoms with Gasteiger partial charge in [0.1, 0.15) is 5.82 Å². The molecule has 0 spiro atoms. The van der Waals surface area contributed by atoms with E-state index in [0.717, 1.165) is 48.5 Å². The molecule has 216 valence electrons. The summed E-state index contributed by atoms with van der Waals surface area (Å²) in [5.74, 6) is -0.579. The van der Waals surface area contributed by atoms with Crippen LogP contribution in [0.2, 0.25) is 0 Å². The minimum absolute atomic E-state index is 0.244. The van der Waals surface area contributed by atoms with Gasteiger partial charge in [0, 0.05) is 0 Å². The van der Waals surface area contributed by atoms with Crippen LogP contribution in [-0.2, 0) is 32.4 Å². The predicted molar refractivity (Wildman–Crippen MR) is 136 cm³/mol. The molecule has 6 nitrogen and oxygen atoms in total. The maximum atomic E-state index is 13.4. The van der Waals surface area contributed by atoms with Crippen molar-refractivity contribution in [3.8, 4) is 11.1 Å². The predicted octanol–water partition coefficient (Wildman–Crippen LogP) is 7.13. The van der Waals surface area contributed by atoms with Gasteiger partial charge >= 0.3 is 12.4 Å². The van der Waals surface area contributed by atoms with E-state index in [-0.39, 0.29) is 5.56 Å². The lowest BCUT2D eigenvalue weighted by atomic mass is 10.0. The fourth-order valence-electron chi connectivity index (χ4n) is 3.63. The number of nitrogens with one attached hydrogen (secondary N) is 2. The Bertz CT molecular complexity index is 1810. The summed E-state index contributed by atoms with van der Waals surface area (Å²) in [6.45, 7) is 0. The van der Waals surface area contributed by atoms with Crippen LogP contribution >= 0.6 is 0 Å². The first-order valence-corrected chi connectivity index (χ1v) is 14.2. The van der Waals surface area contributed by atoms with Gasteiger partial charge in [0.2, 0.25) is 0 Å². The molecule has 0 bridgehead atoms. The van der Waals surface area contributed by atoms with Crippen molar-refractivity contribution in [1.82, 2.24) is 0 Å². The lowest BCUT2D eigenvalue weighted by molar-refractivity contribution is -0.138. The molecule has 0 heterocycles. The van der Waals surface area contributed by atoms with Gasteiger partial charge in [0.05, 0.1) is 32.3 Å². The molecule has 0 aliphatic carbocycles. The second-order valence-electron chi connectivity index (χ2n) is 8.53. The number of anilines is 2. The largest absolute Gasteiger partial charge is 0.416 e. The van der Waals surface area contributed by atoms with Gasteiger partial charge in [-0.25, -0.2) is 21.2 Å². The van der Waals surface area contributed by atoms with Crippen molar-refractivity contribution in [2.45, 2.75) is 22.1 Å². The second-order valence-corrected chi connectivity index (χ2v) is 11.9. The van der Waals surface area contributed by atoms with Gasteiger partial charge < -0.3 is 0 Å². The van der Waals surface area contributed by atoms with Gasteiger partial charge in [-0.15, -0.1) is 0 Å². The van der Waals surface area contributed by atoms with E-state index < -0.39 is 70.5 Å². The normalized spacial score (nSPS) is 12.7. The fraction of sp³-hybridized carbons (Fsp3) is 0.0769. The van der Waals surface area contributed by atoms with Crippen LogP contribution < -0.4 is 9.44 Å². The fourth-order valence-corrected chi connectivity index (χ4v) is 5.87. The van der Waals surface area contributed by atoms with Crippen molar-refractivity contribution in [3.05, 3.63) is 108 Å². The summed E-state index contributed by atoms with van der Waals surface area (Å²) in [6, 6.07) is 14.0. The summed E-state index contributed by atoms with van der Waals surface area (Å²) in [5.41, 5.74) is -2.83. The van der Waals surface area contributed by atoms with E-state index >= 15 is 0 Å². The van der Waals surface area contributed by atoms with E-state index in [0.29, 0.717) is 29.8 Å². The molecule has 4 aromatic rings. The molecule has 0 saturated heterocycles. The average Bonchev–Trinajstić information content (AvgIpc) is 2.89. The molecule has 0 radical (unpaired) electrons. The first-order chi connectivity index (χ1) is 19.0. The summed E-state index contributed by atoms with van der Waals surface area (Å²) < 4.78 is 149. The number of benzene rings is 4. The van der Waals surface area contributed by atoms with Crippen molar-refractivity contribution in [3.63, 3.8) is 0 Å². The molecule has 0 saturated carbocycles. The molecule has 2 N–H and O–H groups in total. The Morgan fingerprint density at radius 1 is 0.512 bits per heavy atom. The Balaban J connectivity index is 1.79. The number of hydrogen-bond acceptors (Lipinski definition) is 4. The molecule has 0 aliphatic heterocycles. The first kappa shape index (κ1) is 29.9. The van der Waals surface area contributed by atoms with Crippen LogP contribution in [0.4, 0.5) is 42.1 Å². The van der Waals surface area contributed by atoms with Crippen LogP contribution in [0.25, 0.3) is 11.1 Å². The topological polar surface area (TPSA) is 92.3 Å². The van der Waals surface area contributed by atoms with E-state index in [1.165, 1.54) is 18.2 Å². The molecule has 0 atom stereocenters. The van der Waals surface area contributed by atoms with Gasteiger partial charge in [0.25, 0.3) is 20.0 Å². The number of halogens is 7. The van der Waals surface area contributed by atoms with Gasteiger partial charge in [-0.3, -0.25) is 9.44 Å². The van der Waals surface area contributed by atoms with E-state index in [1.807, 2.05) is 9.44 Å². The Hall–Kier alpha value is -4.11. The van der Waals surface area contributed by atoms with E-state index in [4.69, 9.17) is 0 Å². The van der Waals surface area contributed by atoms with Gasteiger partial charge in [0.15, 0.2) is 0 Å². The van der Waals surface area contributed by atoms with Crippen molar-refractivity contribution in [2.24, 2.45) is 0 Å². The number of rotatable bonds is 7. The maximum absolute atomic E-state index is 13.4. The summed E-state index contributed by atoms with van der Waals surface area (Å²) in [7, 11) is -9.50. The Morgan fingerprint density at radius 2 is 0.951 bits per heavy atom. The zero-order valence-corrected chi connectivity index (χ0v) is 21.9. The van der Waals surface area contributed by atoms with Crippen LogP contribution in [0.15, 0.2) is 101 Å². The quantitative estimate of drug-likeness (QED) is 0.216. The van der Waals surface area contributed by atoms with E-state index in [2.05, 4.69) is 0 Å². The van der Waals surface area contributed by atoms with Crippen LogP contribution in [0.5, 0.6) is 0 Å². The summed E-state index contributed by atoms with van der Waals surface area (Å²) in [5, 5.41) is 0. The molecular weight excluding hydrogens is 601 g/mol. The third kappa shape index (κ3) is 6.97. The molecule has 0 aliphatic rings. The second kappa shape index (κ2) is 10.7. The standard InChI is InChI=1S/C26H17F7N2O4S2/c27-20-10-7-16(8-11-20)17-9-12-23(34-40(36,37)21-5-1-3-18(14-21)25(28,29)30)24(13-17)35-41(38,39)22-6-2-4-19(15-22)26(31,32)33/h1-15,34-35H. The summed E-state index contributed by atoms with van der Waals surface area (Å²) in [6.07, 6.45) is -9.71. The highest BCUT2D eigenvalue weighted by molar-refractivity contribution is 7.93. The highest BCUT2D eigenvalue weighted by Gasteiger charge is 2.33. The highest BCUT2D eigenvalue weighted by atomic mass is 32.2. The molecule has 4 aromatic carbocycles. The molecule has 0 amide bonds. The Morgan fingerprint density at radius 3 is 1.41 bits per heavy atom. The average molecular weight is 619 g/mol. The molecule has 0 unspecified atom stereocenters. The Labute approximate surface area is 229 Å². The molecule has 15 heteroatoms. The van der Waals surface area contributed by atoms with Gasteiger partial charge in [-0.2, -0.15) is 26.3 Å². The number of alkyl halides is 6. The van der Waals surface area contributed by atoms with Crippen molar-refractivity contribution >= 4 is 31.4 Å². The third-order valence-electron chi connectivity index (χ3n) is 5.63. The SMILES string of the molecule is O=S(=O)(Nc1ccc(-c2ccc(F)cc2)cc1NS(=O)(=O)c1cccc(C(F)(F)F)c1)c1cccc(C(F)(F)F)c1. The zero-order chi connectivity index (χ0) is 30.2. The van der Waals surface area contributed by atoms with E-state index in [1.54, 1.807) is 0 Å². The highest BCUT2D eigenvalue weighted by Crippen LogP contribution is 2.35. The third-order valence-corrected chi connectivity index (χ3v) is 8.36. The van der Waals surface area contributed by atoms with Crippen molar-refractivity contribution in [1.29, 1.82) is 0 Å². The molecule has 4 rings (SSSR count). The monoisotopic (exact) mass is 618 g/mol. The number of sulfonamides is 2. The smallest absolute Gasteiger partial charge is 0.277 e. The number of hydrogen-bond donors (Lipinski definition) is 2. The van der Waals surface area contributed by atoms with E-state index in [9.17, 15) is 47.6 Å². The molecule has 0 fully saturated rings. The lowest BCUT2D eigenvalue weighted by Crippen LogP contribution is -2.18. The van der Waals surface area contributed by atoms with Gasteiger partial charge in [-0.05, 0) is 71.8 Å². The van der Waals surface area contributed by atoms with Crippen LogP contribution in [0, 0.1) is 5.82 Å². The van der Waals surface area contributed by atoms with Crippen LogP contribution in [-0.4, -0.2) is 16.8 Å². The van der Waals surface area contributed by atoms with Crippen molar-refractivity contribution < 1.29 is 47.6 Å². The minimum Gasteiger partial charge on any atom is -0.277 e. The Kier molecular flexibility index (Phi) is 7.80.